The molecule has 0 aromatic carbocycles. The first kappa shape index (κ1) is 10.2. The van der Waals surface area contributed by atoms with E-state index in [1.165, 1.54) is 0 Å². The van der Waals surface area contributed by atoms with Crippen molar-refractivity contribution in [3.8, 4) is 0 Å². The maximum absolute atomic E-state index is 8.41. The van der Waals surface area contributed by atoms with Crippen molar-refractivity contribution >= 4 is 23.2 Å². The van der Waals surface area contributed by atoms with Gasteiger partial charge in [0, 0.05) is 36.1 Å². The maximum Gasteiger partial charge on any atom is 0.0480 e. The van der Waals surface area contributed by atoms with Gasteiger partial charge in [-0.3, -0.25) is 0 Å². The average molecular weight is 185 g/mol. The van der Waals surface area contributed by atoms with Crippen molar-refractivity contribution in [1.82, 2.24) is 0 Å². The van der Waals surface area contributed by atoms with Crippen molar-refractivity contribution in [2.75, 3.05) is 13.2 Å². The summed E-state index contributed by atoms with van der Waals surface area (Å²) < 4.78 is 0. The van der Waals surface area contributed by atoms with Crippen LogP contribution >= 0.6 is 23.2 Å². The van der Waals surface area contributed by atoms with Gasteiger partial charge >= 0.3 is 0 Å². The van der Waals surface area contributed by atoms with Crippen LogP contribution in [0.4, 0.5) is 0 Å². The van der Waals surface area contributed by atoms with Crippen LogP contribution in [-0.4, -0.2) is 23.4 Å². The van der Waals surface area contributed by atoms with Gasteiger partial charge in [-0.15, -0.1) is 0 Å². The van der Waals surface area contributed by atoms with Crippen molar-refractivity contribution in [2.24, 2.45) is 0 Å². The Morgan fingerprint density at radius 3 is 1.40 bits per heavy atom. The highest BCUT2D eigenvalue weighted by atomic mass is 35.5. The Balaban J connectivity index is 3.79. The number of halogens is 2. The smallest absolute Gasteiger partial charge is 0.0480 e. The second-order valence-corrected chi connectivity index (χ2v) is 2.67. The lowest BCUT2D eigenvalue weighted by atomic mass is 10.3. The summed E-state index contributed by atoms with van der Waals surface area (Å²) in [6, 6.07) is 0. The number of rotatable bonds is 4. The lowest BCUT2D eigenvalue weighted by Crippen LogP contribution is -1.88. The van der Waals surface area contributed by atoms with Gasteiger partial charge in [0.15, 0.2) is 0 Å². The number of hydrogen-bond acceptors (Lipinski definition) is 2. The van der Waals surface area contributed by atoms with Gasteiger partial charge in [0.25, 0.3) is 0 Å². The molecule has 10 heavy (non-hydrogen) atoms. The normalized spacial score (nSPS) is 13.2. The molecule has 0 rings (SSSR count). The third-order valence-corrected chi connectivity index (χ3v) is 1.89. The first-order chi connectivity index (χ1) is 4.72. The fourth-order valence-corrected chi connectivity index (χ4v) is 0.826. The van der Waals surface area contributed by atoms with Gasteiger partial charge in [-0.1, -0.05) is 23.2 Å². The Morgan fingerprint density at radius 2 is 1.20 bits per heavy atom. The molecule has 4 heteroatoms. The summed E-state index contributed by atoms with van der Waals surface area (Å²) in [5, 5.41) is 17.7. The van der Waals surface area contributed by atoms with Gasteiger partial charge in [-0.25, -0.2) is 0 Å². The van der Waals surface area contributed by atoms with E-state index >= 15 is 0 Å². The van der Waals surface area contributed by atoms with Crippen molar-refractivity contribution in [3.63, 3.8) is 0 Å². The topological polar surface area (TPSA) is 40.5 Å². The van der Waals surface area contributed by atoms with Crippen LogP contribution in [0.25, 0.3) is 0 Å². The van der Waals surface area contributed by atoms with Crippen molar-refractivity contribution in [2.45, 2.75) is 12.8 Å². The molecule has 0 saturated carbocycles. The fourth-order valence-electron chi connectivity index (χ4n) is 0.468. The molecule has 0 atom stereocenters. The van der Waals surface area contributed by atoms with E-state index in [1.807, 2.05) is 0 Å². The van der Waals surface area contributed by atoms with E-state index in [0.29, 0.717) is 22.9 Å². The molecule has 0 saturated heterocycles. The van der Waals surface area contributed by atoms with E-state index in [0.717, 1.165) is 0 Å². The van der Waals surface area contributed by atoms with Gasteiger partial charge in [0.1, 0.15) is 0 Å². The molecule has 0 aliphatic rings. The first-order valence-electron chi connectivity index (χ1n) is 2.97. The molecule has 0 bridgehead atoms. The van der Waals surface area contributed by atoms with Gasteiger partial charge in [0.05, 0.1) is 0 Å². The molecular formula is C6H10Cl2O2. The molecule has 0 aliphatic carbocycles. The summed E-state index contributed by atoms with van der Waals surface area (Å²) in [5.41, 5.74) is 0. The molecule has 0 heterocycles. The molecule has 0 aromatic rings. The van der Waals surface area contributed by atoms with Gasteiger partial charge in [-0.2, -0.15) is 0 Å². The Bertz CT molecular complexity index is 109. The molecular weight excluding hydrogens is 175 g/mol. The summed E-state index contributed by atoms with van der Waals surface area (Å²) in [4.78, 5) is 0. The van der Waals surface area contributed by atoms with E-state index in [-0.39, 0.29) is 13.2 Å². The summed E-state index contributed by atoms with van der Waals surface area (Å²) in [7, 11) is 0. The standard InChI is InChI=1S/C6H10Cl2O2/c7-5(1-3-9)6(8)2-4-10/h9-10H,1-4H2. The number of aliphatic hydroxyl groups excluding tert-OH is 2. The van der Waals surface area contributed by atoms with Crippen LogP contribution in [-0.2, 0) is 0 Å². The van der Waals surface area contributed by atoms with Crippen molar-refractivity contribution < 1.29 is 10.2 Å². The quantitative estimate of drug-likeness (QED) is 0.695. The maximum atomic E-state index is 8.41. The number of aliphatic hydroxyl groups is 2. The summed E-state index contributed by atoms with van der Waals surface area (Å²) in [6.45, 7) is -0.0268. The lowest BCUT2D eigenvalue weighted by molar-refractivity contribution is 0.296. The largest absolute Gasteiger partial charge is 0.396 e. The Labute approximate surface area is 70.1 Å². The fraction of sp³-hybridized carbons (Fsp3) is 0.667. The molecule has 2 nitrogen and oxygen atoms in total. The predicted molar refractivity (Wildman–Crippen MR) is 42.1 cm³/mol. The van der Waals surface area contributed by atoms with Crippen LogP contribution in [0.5, 0.6) is 0 Å². The minimum absolute atomic E-state index is 0.0134. The summed E-state index contributed by atoms with van der Waals surface area (Å²) >= 11 is 11.2. The van der Waals surface area contributed by atoms with Crippen LogP contribution in [0, 0.1) is 0 Å². The van der Waals surface area contributed by atoms with Crippen molar-refractivity contribution in [1.29, 1.82) is 0 Å². The summed E-state index contributed by atoms with van der Waals surface area (Å²) in [6.07, 6.45) is 0.723. The predicted octanol–water partition coefficient (Wildman–Crippen LogP) is 1.44. The van der Waals surface area contributed by atoms with E-state index in [1.54, 1.807) is 0 Å². The zero-order chi connectivity index (χ0) is 7.98. The van der Waals surface area contributed by atoms with E-state index in [9.17, 15) is 0 Å². The van der Waals surface area contributed by atoms with Crippen LogP contribution in [0.2, 0.25) is 0 Å². The minimum atomic E-state index is -0.0134. The molecule has 0 unspecified atom stereocenters. The highest BCUT2D eigenvalue weighted by Crippen LogP contribution is 2.19. The molecule has 0 aromatic heterocycles. The summed E-state index contributed by atoms with van der Waals surface area (Å²) in [5.74, 6) is 0. The highest BCUT2D eigenvalue weighted by Gasteiger charge is 1.99. The zero-order valence-electron chi connectivity index (χ0n) is 5.48. The third kappa shape index (κ3) is 4.12. The van der Waals surface area contributed by atoms with Gasteiger partial charge in [0.2, 0.25) is 0 Å². The minimum Gasteiger partial charge on any atom is -0.396 e. The third-order valence-electron chi connectivity index (χ3n) is 0.957. The number of hydrogen-bond donors (Lipinski definition) is 2. The second-order valence-electron chi connectivity index (χ2n) is 1.76. The molecule has 0 aliphatic heterocycles. The lowest BCUT2D eigenvalue weighted by Gasteiger charge is -1.98. The first-order valence-corrected chi connectivity index (χ1v) is 3.72. The monoisotopic (exact) mass is 184 g/mol. The van der Waals surface area contributed by atoms with E-state index < -0.39 is 0 Å². The molecule has 0 amide bonds. The second kappa shape index (κ2) is 5.98. The average Bonchev–Trinajstić information content (AvgIpc) is 1.89. The van der Waals surface area contributed by atoms with Gasteiger partial charge in [-0.05, 0) is 0 Å². The van der Waals surface area contributed by atoms with Crippen LogP contribution in [0.1, 0.15) is 12.8 Å². The SMILES string of the molecule is OCCC(Cl)=C(Cl)CCO. The van der Waals surface area contributed by atoms with E-state index in [4.69, 9.17) is 33.4 Å². The zero-order valence-corrected chi connectivity index (χ0v) is 6.99. The Hall–Kier alpha value is 0.240. The van der Waals surface area contributed by atoms with Crippen LogP contribution < -0.4 is 0 Å². The van der Waals surface area contributed by atoms with E-state index in [2.05, 4.69) is 0 Å². The molecule has 0 spiro atoms. The molecule has 2 N–H and O–H groups in total. The van der Waals surface area contributed by atoms with Gasteiger partial charge < -0.3 is 10.2 Å². The molecule has 0 fully saturated rings. The molecule has 0 radical (unpaired) electrons. The molecule has 60 valence electrons. The van der Waals surface area contributed by atoms with Crippen LogP contribution in [0.15, 0.2) is 10.1 Å². The Morgan fingerprint density at radius 1 is 0.900 bits per heavy atom. The Kier molecular flexibility index (Phi) is 6.13. The van der Waals surface area contributed by atoms with Crippen molar-refractivity contribution in [3.05, 3.63) is 10.1 Å². The highest BCUT2D eigenvalue weighted by molar-refractivity contribution is 6.39. The van der Waals surface area contributed by atoms with Crippen LogP contribution in [0.3, 0.4) is 0 Å².